The summed E-state index contributed by atoms with van der Waals surface area (Å²) in [6, 6.07) is 13.3. The van der Waals surface area contributed by atoms with Crippen LogP contribution in [0.15, 0.2) is 53.8 Å². The summed E-state index contributed by atoms with van der Waals surface area (Å²) in [4.78, 5) is 17.4. The molecule has 0 atom stereocenters. The Hall–Kier alpha value is -3.48. The molecular formula is C20H19N3O4. The second kappa shape index (κ2) is 7.03. The molecule has 1 aromatic heterocycles. The zero-order valence-electron chi connectivity index (χ0n) is 15.1. The van der Waals surface area contributed by atoms with E-state index in [1.807, 2.05) is 60.3 Å². The van der Waals surface area contributed by atoms with Gasteiger partial charge in [-0.3, -0.25) is 4.79 Å². The first kappa shape index (κ1) is 17.0. The van der Waals surface area contributed by atoms with Gasteiger partial charge in [0.2, 0.25) is 6.79 Å². The van der Waals surface area contributed by atoms with Gasteiger partial charge in [0, 0.05) is 29.7 Å². The molecule has 1 aliphatic heterocycles. The molecule has 4 rings (SSSR count). The highest BCUT2D eigenvalue weighted by Gasteiger charge is 2.14. The van der Waals surface area contributed by atoms with Crippen LogP contribution in [0.4, 0.5) is 5.69 Å². The molecule has 0 spiro atoms. The molecule has 0 saturated carbocycles. The summed E-state index contributed by atoms with van der Waals surface area (Å²) >= 11 is 0. The second-order valence-corrected chi connectivity index (χ2v) is 6.23. The lowest BCUT2D eigenvalue weighted by atomic mass is 10.1. The normalized spacial score (nSPS) is 13.0. The Morgan fingerprint density at radius 3 is 2.96 bits per heavy atom. The highest BCUT2D eigenvalue weighted by molar-refractivity contribution is 6.02. The number of carbonyl (C=O) groups excluding carboxylic acids is 1. The van der Waals surface area contributed by atoms with E-state index in [1.54, 1.807) is 6.92 Å². The van der Waals surface area contributed by atoms with Gasteiger partial charge < -0.3 is 24.2 Å². The number of benzene rings is 2. The number of oxime groups is 1. The highest BCUT2D eigenvalue weighted by atomic mass is 16.7. The summed E-state index contributed by atoms with van der Waals surface area (Å²) in [7, 11) is 1.96. The summed E-state index contributed by atoms with van der Waals surface area (Å²) in [5.74, 6) is 1.12. The molecule has 1 amide bonds. The molecule has 0 saturated heterocycles. The number of hydrogen-bond donors (Lipinski definition) is 1. The Morgan fingerprint density at radius 1 is 1.22 bits per heavy atom. The van der Waals surface area contributed by atoms with Crippen molar-refractivity contribution in [2.24, 2.45) is 12.2 Å². The van der Waals surface area contributed by atoms with Crippen molar-refractivity contribution in [2.45, 2.75) is 6.92 Å². The van der Waals surface area contributed by atoms with Crippen molar-refractivity contribution < 1.29 is 19.1 Å². The van der Waals surface area contributed by atoms with E-state index < -0.39 is 0 Å². The molecule has 1 N–H and O–H groups in total. The van der Waals surface area contributed by atoms with Gasteiger partial charge in [0.25, 0.3) is 5.91 Å². The van der Waals surface area contributed by atoms with Crippen molar-refractivity contribution >= 4 is 28.2 Å². The monoisotopic (exact) mass is 365 g/mol. The smallest absolute Gasteiger partial charge is 0.265 e. The van der Waals surface area contributed by atoms with Crippen LogP contribution in [0, 0.1) is 0 Å². The summed E-state index contributed by atoms with van der Waals surface area (Å²) in [5.41, 5.74) is 3.28. The number of aromatic nitrogens is 1. The highest BCUT2D eigenvalue weighted by Crippen LogP contribution is 2.32. The van der Waals surface area contributed by atoms with E-state index in [0.29, 0.717) is 17.2 Å². The molecule has 2 heterocycles. The predicted molar refractivity (Wildman–Crippen MR) is 102 cm³/mol. The molecule has 2 aromatic carbocycles. The van der Waals surface area contributed by atoms with Crippen molar-refractivity contribution in [1.82, 2.24) is 4.57 Å². The molecule has 0 radical (unpaired) electrons. The van der Waals surface area contributed by atoms with Gasteiger partial charge in [0.05, 0.1) is 11.4 Å². The summed E-state index contributed by atoms with van der Waals surface area (Å²) in [6.07, 6.45) is 1.95. The van der Waals surface area contributed by atoms with Crippen LogP contribution in [0.3, 0.4) is 0 Å². The van der Waals surface area contributed by atoms with Crippen molar-refractivity contribution in [3.8, 4) is 11.5 Å². The molecule has 138 valence electrons. The topological polar surface area (TPSA) is 74.1 Å². The molecule has 27 heavy (non-hydrogen) atoms. The quantitative estimate of drug-likeness (QED) is 0.556. The largest absolute Gasteiger partial charge is 0.454 e. The second-order valence-electron chi connectivity index (χ2n) is 6.23. The fourth-order valence-electron chi connectivity index (χ4n) is 2.96. The van der Waals surface area contributed by atoms with Crippen LogP contribution in [-0.2, 0) is 16.7 Å². The molecule has 0 fully saturated rings. The number of anilines is 1. The van der Waals surface area contributed by atoms with Crippen molar-refractivity contribution in [2.75, 3.05) is 18.7 Å². The van der Waals surface area contributed by atoms with Crippen molar-refractivity contribution in [3.05, 3.63) is 54.2 Å². The van der Waals surface area contributed by atoms with Gasteiger partial charge in [-0.15, -0.1) is 0 Å². The third kappa shape index (κ3) is 3.44. The summed E-state index contributed by atoms with van der Waals surface area (Å²) < 4.78 is 12.6. The number of rotatable bonds is 5. The fourth-order valence-corrected chi connectivity index (χ4v) is 2.96. The number of aryl methyl sites for hydroxylation is 1. The number of nitrogens with zero attached hydrogens (tertiary/aromatic N) is 2. The fraction of sp³-hybridized carbons (Fsp3) is 0.200. The maximum Gasteiger partial charge on any atom is 0.265 e. The van der Waals surface area contributed by atoms with Gasteiger partial charge in [-0.2, -0.15) is 0 Å². The molecule has 0 aliphatic carbocycles. The number of hydrogen-bond acceptors (Lipinski definition) is 5. The summed E-state index contributed by atoms with van der Waals surface area (Å²) in [5, 5.41) is 7.87. The van der Waals surface area contributed by atoms with Gasteiger partial charge in [-0.25, -0.2) is 0 Å². The van der Waals surface area contributed by atoms with Crippen molar-refractivity contribution in [1.29, 1.82) is 0 Å². The lowest BCUT2D eigenvalue weighted by Gasteiger charge is -2.07. The predicted octanol–water partition coefficient (Wildman–Crippen LogP) is 3.29. The van der Waals surface area contributed by atoms with Gasteiger partial charge in [-0.05, 0) is 43.3 Å². The van der Waals surface area contributed by atoms with Gasteiger partial charge >= 0.3 is 0 Å². The van der Waals surface area contributed by atoms with E-state index in [2.05, 4.69) is 10.5 Å². The molecule has 3 aromatic rings. The first-order valence-electron chi connectivity index (χ1n) is 8.52. The van der Waals surface area contributed by atoms with Crippen LogP contribution in [0.5, 0.6) is 11.5 Å². The summed E-state index contributed by atoms with van der Waals surface area (Å²) in [6.45, 7) is 1.85. The third-order valence-corrected chi connectivity index (χ3v) is 4.39. The van der Waals surface area contributed by atoms with Crippen LogP contribution >= 0.6 is 0 Å². The molecule has 7 nitrogen and oxygen atoms in total. The van der Waals surface area contributed by atoms with E-state index in [1.165, 1.54) is 0 Å². The number of ether oxygens (including phenoxy) is 2. The Bertz CT molecular complexity index is 1040. The standard InChI is InChI=1S/C20H19N3O4/c1-13(14-6-7-18-19(10-14)26-12-25-18)22-27-11-20(24)21-16-4-3-5-17-15(16)8-9-23(17)2/h3-10H,11-12H2,1-2H3,(H,21,24)/b22-13+. The zero-order chi connectivity index (χ0) is 18.8. The Kier molecular flexibility index (Phi) is 4.42. The molecule has 0 bridgehead atoms. The number of nitrogens with one attached hydrogen (secondary N) is 1. The van der Waals surface area contributed by atoms with Crippen LogP contribution in [0.1, 0.15) is 12.5 Å². The Labute approximate surface area is 156 Å². The molecular weight excluding hydrogens is 346 g/mol. The molecule has 0 unspecified atom stereocenters. The van der Waals surface area contributed by atoms with Crippen molar-refractivity contribution in [3.63, 3.8) is 0 Å². The number of amides is 1. The maximum absolute atomic E-state index is 12.2. The van der Waals surface area contributed by atoms with Crippen LogP contribution in [0.25, 0.3) is 10.9 Å². The number of fused-ring (bicyclic) bond motifs is 2. The Morgan fingerprint density at radius 2 is 2.07 bits per heavy atom. The minimum atomic E-state index is -0.270. The van der Waals surface area contributed by atoms with E-state index in [0.717, 1.165) is 22.2 Å². The lowest BCUT2D eigenvalue weighted by Crippen LogP contribution is -2.17. The van der Waals surface area contributed by atoms with Gasteiger partial charge in [0.15, 0.2) is 18.1 Å². The van der Waals surface area contributed by atoms with Crippen LogP contribution < -0.4 is 14.8 Å². The average Bonchev–Trinajstić information content (AvgIpc) is 3.28. The van der Waals surface area contributed by atoms with E-state index >= 15 is 0 Å². The minimum absolute atomic E-state index is 0.175. The van der Waals surface area contributed by atoms with Gasteiger partial charge in [-0.1, -0.05) is 11.2 Å². The average molecular weight is 365 g/mol. The minimum Gasteiger partial charge on any atom is -0.454 e. The van der Waals surface area contributed by atoms with Crippen LogP contribution in [-0.4, -0.2) is 29.6 Å². The van der Waals surface area contributed by atoms with Gasteiger partial charge in [0.1, 0.15) is 0 Å². The Balaban J connectivity index is 1.38. The number of carbonyl (C=O) groups is 1. The maximum atomic E-state index is 12.2. The van der Waals surface area contributed by atoms with E-state index in [9.17, 15) is 4.79 Å². The first-order valence-corrected chi connectivity index (χ1v) is 8.52. The third-order valence-electron chi connectivity index (χ3n) is 4.39. The zero-order valence-corrected chi connectivity index (χ0v) is 15.1. The SMILES string of the molecule is C/C(=N\OCC(=O)Nc1cccc2c1ccn2C)c1ccc2c(c1)OCO2. The van der Waals surface area contributed by atoms with E-state index in [4.69, 9.17) is 14.3 Å². The molecule has 7 heteroatoms. The van der Waals surface area contributed by atoms with E-state index in [-0.39, 0.29) is 19.3 Å². The lowest BCUT2D eigenvalue weighted by molar-refractivity contribution is -0.120. The van der Waals surface area contributed by atoms with Crippen LogP contribution in [0.2, 0.25) is 0 Å². The first-order chi connectivity index (χ1) is 13.1. The molecule has 1 aliphatic rings.